The van der Waals surface area contributed by atoms with Crippen LogP contribution in [0.15, 0.2) is 60.7 Å². The van der Waals surface area contributed by atoms with E-state index < -0.39 is 0 Å². The number of hydrogen-bond acceptors (Lipinski definition) is 1. The van der Waals surface area contributed by atoms with Gasteiger partial charge in [-0.05, 0) is 43.5 Å². The van der Waals surface area contributed by atoms with Gasteiger partial charge in [0.25, 0.3) is 0 Å². The Morgan fingerprint density at radius 2 is 1.58 bits per heavy atom. The molecule has 1 aliphatic heterocycles. The van der Waals surface area contributed by atoms with Gasteiger partial charge in [-0.25, -0.2) is 0 Å². The molecule has 2 atom stereocenters. The maximum Gasteiger partial charge on any atom is 0.219 e. The molecular weight excluding hydrogens is 313 g/mol. The van der Waals surface area contributed by atoms with Gasteiger partial charge in [0, 0.05) is 19.5 Å². The lowest BCUT2D eigenvalue weighted by Crippen LogP contribution is -2.34. The molecule has 1 heterocycles. The maximum atomic E-state index is 11.9. The first-order valence-electron chi connectivity index (χ1n) is 8.80. The molecule has 1 fully saturated rings. The Hall–Kier alpha value is -1.66. The number of nitrogens with zero attached hydrogens (tertiary/aromatic N) is 1. The Labute approximate surface area is 146 Å². The van der Waals surface area contributed by atoms with Crippen LogP contribution < -0.4 is 10.6 Å². The van der Waals surface area contributed by atoms with E-state index in [-0.39, 0.29) is 13.8 Å². The number of hydrogen-bond donors (Lipinski definition) is 0. The van der Waals surface area contributed by atoms with Crippen LogP contribution in [-0.4, -0.2) is 29.6 Å². The Balaban J connectivity index is 1.77. The number of amides is 1. The van der Waals surface area contributed by atoms with Gasteiger partial charge in [0.2, 0.25) is 5.91 Å². The van der Waals surface area contributed by atoms with E-state index in [0.29, 0.717) is 12.0 Å². The molecule has 24 heavy (non-hydrogen) atoms. The molecule has 0 bridgehead atoms. The average Bonchev–Trinajstić information content (AvgIpc) is 2.98. The summed E-state index contributed by atoms with van der Waals surface area (Å²) in [5.74, 6) is 0.853. The number of likely N-dealkylation sites (tertiary alicyclic amines) is 1. The molecule has 0 unspecified atom stereocenters. The van der Waals surface area contributed by atoms with Crippen molar-refractivity contribution in [2.75, 3.05) is 12.7 Å². The van der Waals surface area contributed by atoms with Gasteiger partial charge in [-0.15, -0.1) is 0 Å². The van der Waals surface area contributed by atoms with E-state index in [9.17, 15) is 4.79 Å². The van der Waals surface area contributed by atoms with Gasteiger partial charge < -0.3 is 4.90 Å². The predicted octanol–water partition coefficient (Wildman–Crippen LogP) is 3.77. The van der Waals surface area contributed by atoms with Crippen LogP contribution >= 0.6 is 7.92 Å². The lowest BCUT2D eigenvalue weighted by atomic mass is 10.1. The summed E-state index contributed by atoms with van der Waals surface area (Å²) in [5, 5.41) is 2.86. The SMILES string of the molecule is CC(=O)N1C[C@@H](C)C[C@H]1CCP(c1ccccc1)c1ccccc1. The minimum Gasteiger partial charge on any atom is -0.340 e. The van der Waals surface area contributed by atoms with Crippen molar-refractivity contribution < 1.29 is 4.79 Å². The predicted molar refractivity (Wildman–Crippen MR) is 104 cm³/mol. The summed E-state index contributed by atoms with van der Waals surface area (Å²) in [6.45, 7) is 4.89. The summed E-state index contributed by atoms with van der Waals surface area (Å²) in [4.78, 5) is 14.0. The Morgan fingerprint density at radius 1 is 1.04 bits per heavy atom. The van der Waals surface area contributed by atoms with E-state index in [1.807, 2.05) is 0 Å². The highest BCUT2D eigenvalue weighted by molar-refractivity contribution is 7.73. The second kappa shape index (κ2) is 7.94. The van der Waals surface area contributed by atoms with Gasteiger partial charge >= 0.3 is 0 Å². The topological polar surface area (TPSA) is 20.3 Å². The first-order valence-corrected chi connectivity index (χ1v) is 10.3. The fourth-order valence-corrected chi connectivity index (χ4v) is 6.15. The molecule has 2 aromatic rings. The highest BCUT2D eigenvalue weighted by atomic mass is 31.1. The summed E-state index contributed by atoms with van der Waals surface area (Å²) < 4.78 is 0. The molecule has 2 aromatic carbocycles. The highest BCUT2D eigenvalue weighted by Gasteiger charge is 2.31. The molecule has 0 N–H and O–H groups in total. The average molecular weight is 339 g/mol. The molecule has 1 aliphatic rings. The monoisotopic (exact) mass is 339 g/mol. The second-order valence-corrected chi connectivity index (χ2v) is 9.11. The molecule has 1 amide bonds. The van der Waals surface area contributed by atoms with E-state index in [1.165, 1.54) is 10.6 Å². The third-order valence-corrected chi connectivity index (χ3v) is 7.40. The fourth-order valence-electron chi connectivity index (χ4n) is 3.71. The second-order valence-electron chi connectivity index (χ2n) is 6.78. The Morgan fingerprint density at radius 3 is 2.08 bits per heavy atom. The summed E-state index contributed by atoms with van der Waals surface area (Å²) >= 11 is 0. The first kappa shape index (κ1) is 17.2. The number of benzene rings is 2. The number of rotatable bonds is 5. The molecule has 0 radical (unpaired) electrons. The van der Waals surface area contributed by atoms with Crippen molar-refractivity contribution in [3.8, 4) is 0 Å². The van der Waals surface area contributed by atoms with E-state index in [1.54, 1.807) is 6.92 Å². The summed E-state index contributed by atoms with van der Waals surface area (Å²) in [7, 11) is -0.358. The largest absolute Gasteiger partial charge is 0.340 e. The van der Waals surface area contributed by atoms with Gasteiger partial charge in [0.05, 0.1) is 0 Å². The van der Waals surface area contributed by atoms with Crippen molar-refractivity contribution in [3.05, 3.63) is 60.7 Å². The van der Waals surface area contributed by atoms with Gasteiger partial charge in [-0.1, -0.05) is 67.6 Å². The molecule has 3 rings (SSSR count). The van der Waals surface area contributed by atoms with Gasteiger partial charge in [0.1, 0.15) is 0 Å². The zero-order chi connectivity index (χ0) is 16.9. The lowest BCUT2D eigenvalue weighted by Gasteiger charge is -2.26. The molecule has 0 aliphatic carbocycles. The Kier molecular flexibility index (Phi) is 5.68. The van der Waals surface area contributed by atoms with Crippen LogP contribution in [0.4, 0.5) is 0 Å². The van der Waals surface area contributed by atoms with Crippen molar-refractivity contribution in [2.45, 2.75) is 32.7 Å². The summed E-state index contributed by atoms with van der Waals surface area (Å²) in [6, 6.07) is 22.1. The van der Waals surface area contributed by atoms with Crippen LogP contribution in [0.2, 0.25) is 0 Å². The maximum absolute atomic E-state index is 11.9. The zero-order valence-electron chi connectivity index (χ0n) is 14.6. The third kappa shape index (κ3) is 4.05. The first-order chi connectivity index (χ1) is 11.6. The molecule has 0 aromatic heterocycles. The Bertz CT molecular complexity index is 619. The van der Waals surface area contributed by atoms with Crippen LogP contribution in [0.25, 0.3) is 0 Å². The summed E-state index contributed by atoms with van der Waals surface area (Å²) in [5.41, 5.74) is 0. The minimum absolute atomic E-state index is 0.230. The molecule has 3 heteroatoms. The van der Waals surface area contributed by atoms with E-state index in [2.05, 4.69) is 72.5 Å². The lowest BCUT2D eigenvalue weighted by molar-refractivity contribution is -0.129. The van der Waals surface area contributed by atoms with Crippen LogP contribution in [0, 0.1) is 5.92 Å². The van der Waals surface area contributed by atoms with Crippen molar-refractivity contribution in [3.63, 3.8) is 0 Å². The van der Waals surface area contributed by atoms with Crippen LogP contribution in [0.1, 0.15) is 26.7 Å². The van der Waals surface area contributed by atoms with Gasteiger partial charge in [-0.3, -0.25) is 4.79 Å². The molecular formula is C21H26NOP. The molecule has 126 valence electrons. The van der Waals surface area contributed by atoms with Gasteiger partial charge in [0.15, 0.2) is 0 Å². The summed E-state index contributed by atoms with van der Waals surface area (Å²) in [6.07, 6.45) is 3.39. The molecule has 1 saturated heterocycles. The third-order valence-electron chi connectivity index (χ3n) is 4.85. The smallest absolute Gasteiger partial charge is 0.219 e. The molecule has 0 saturated carbocycles. The number of carbonyl (C=O) groups excluding carboxylic acids is 1. The van der Waals surface area contributed by atoms with Crippen molar-refractivity contribution in [1.29, 1.82) is 0 Å². The highest BCUT2D eigenvalue weighted by Crippen LogP contribution is 2.37. The quantitative estimate of drug-likeness (QED) is 0.760. The minimum atomic E-state index is -0.358. The van der Waals surface area contributed by atoms with Crippen molar-refractivity contribution in [1.82, 2.24) is 4.90 Å². The number of carbonyl (C=O) groups is 1. The van der Waals surface area contributed by atoms with Crippen LogP contribution in [0.5, 0.6) is 0 Å². The van der Waals surface area contributed by atoms with E-state index in [4.69, 9.17) is 0 Å². The normalized spacial score (nSPS) is 20.5. The fraction of sp³-hybridized carbons (Fsp3) is 0.381. The molecule has 2 nitrogen and oxygen atoms in total. The molecule has 0 spiro atoms. The van der Waals surface area contributed by atoms with Crippen molar-refractivity contribution >= 4 is 24.4 Å². The standard InChI is InChI=1S/C21H26NOP/c1-17-15-19(22(16-17)18(2)23)13-14-24(20-9-5-3-6-10-20)21-11-7-4-8-12-21/h3-12,17,19H,13-16H2,1-2H3/t17-,19+/m0/s1. The van der Waals surface area contributed by atoms with Crippen LogP contribution in [-0.2, 0) is 4.79 Å². The van der Waals surface area contributed by atoms with Crippen molar-refractivity contribution in [2.24, 2.45) is 5.92 Å². The van der Waals surface area contributed by atoms with E-state index >= 15 is 0 Å². The van der Waals surface area contributed by atoms with E-state index in [0.717, 1.165) is 25.5 Å². The van der Waals surface area contributed by atoms with Crippen LogP contribution in [0.3, 0.4) is 0 Å². The zero-order valence-corrected chi connectivity index (χ0v) is 15.5. The van der Waals surface area contributed by atoms with Gasteiger partial charge in [-0.2, -0.15) is 0 Å².